The van der Waals surface area contributed by atoms with Crippen molar-refractivity contribution in [3.63, 3.8) is 0 Å². The smallest absolute Gasteiger partial charge is 0.257 e. The van der Waals surface area contributed by atoms with Gasteiger partial charge in [-0.1, -0.05) is 6.07 Å². The van der Waals surface area contributed by atoms with Gasteiger partial charge in [0.25, 0.3) is 5.91 Å². The number of anilines is 1. The summed E-state index contributed by atoms with van der Waals surface area (Å²) in [5, 5.41) is 3.58. The molecule has 0 radical (unpaired) electrons. The van der Waals surface area contributed by atoms with Gasteiger partial charge in [-0.2, -0.15) is 0 Å². The van der Waals surface area contributed by atoms with E-state index < -0.39 is 0 Å². The summed E-state index contributed by atoms with van der Waals surface area (Å²) in [6.45, 7) is 1.22. The van der Waals surface area contributed by atoms with Crippen LogP contribution in [-0.4, -0.2) is 16.9 Å². The molecule has 4 rings (SSSR count). The van der Waals surface area contributed by atoms with Crippen LogP contribution in [0.5, 0.6) is 0 Å². The second-order valence-corrected chi connectivity index (χ2v) is 6.91. The first-order chi connectivity index (χ1) is 10.7. The summed E-state index contributed by atoms with van der Waals surface area (Å²) in [7, 11) is 0. The van der Waals surface area contributed by atoms with Gasteiger partial charge in [0.05, 0.1) is 18.9 Å². The Morgan fingerprint density at radius 1 is 1.36 bits per heavy atom. The topological polar surface area (TPSA) is 77.2 Å². The molecule has 5 nitrogen and oxygen atoms in total. The average Bonchev–Trinajstić information content (AvgIpc) is 3.11. The fraction of sp³-hybridized carbons (Fsp3) is 0.375. The lowest BCUT2D eigenvalue weighted by Crippen LogP contribution is -2.27. The molecule has 1 aromatic heterocycles. The maximum atomic E-state index is 12.4. The Bertz CT molecular complexity index is 741. The van der Waals surface area contributed by atoms with Crippen molar-refractivity contribution in [2.75, 3.05) is 5.32 Å². The Morgan fingerprint density at radius 2 is 2.23 bits per heavy atom. The van der Waals surface area contributed by atoms with E-state index in [-0.39, 0.29) is 11.9 Å². The van der Waals surface area contributed by atoms with Gasteiger partial charge in [-0.15, -0.1) is 11.3 Å². The number of amides is 1. The number of nitrogens with zero attached hydrogens (tertiary/aromatic N) is 1. The van der Waals surface area contributed by atoms with E-state index >= 15 is 0 Å². The molecule has 3 N–H and O–H groups in total. The number of fused-ring (bicyclic) bond motifs is 2. The quantitative estimate of drug-likeness (QED) is 0.891. The van der Waals surface area contributed by atoms with Gasteiger partial charge in [0.15, 0.2) is 5.13 Å². The Labute approximate surface area is 132 Å². The summed E-state index contributed by atoms with van der Waals surface area (Å²) in [5.41, 5.74) is 9.97. The van der Waals surface area contributed by atoms with Crippen molar-refractivity contribution in [2.45, 2.75) is 38.5 Å². The zero-order valence-corrected chi connectivity index (χ0v) is 12.9. The molecule has 2 heterocycles. The fourth-order valence-electron chi connectivity index (χ4n) is 2.94. The van der Waals surface area contributed by atoms with Crippen LogP contribution in [0.25, 0.3) is 0 Å². The van der Waals surface area contributed by atoms with E-state index in [0.717, 1.165) is 36.1 Å². The summed E-state index contributed by atoms with van der Waals surface area (Å²) < 4.78 is 5.38. The molecule has 6 heteroatoms. The third kappa shape index (κ3) is 2.54. The molecule has 1 amide bonds. The molecule has 0 bridgehead atoms. The number of benzene rings is 1. The van der Waals surface area contributed by atoms with E-state index in [2.05, 4.69) is 10.3 Å². The Morgan fingerprint density at radius 3 is 3.14 bits per heavy atom. The van der Waals surface area contributed by atoms with Gasteiger partial charge in [0.2, 0.25) is 0 Å². The molecule has 2 aromatic rings. The number of carbonyl (C=O) groups is 1. The van der Waals surface area contributed by atoms with E-state index in [1.807, 2.05) is 18.2 Å². The van der Waals surface area contributed by atoms with Crippen molar-refractivity contribution in [3.8, 4) is 0 Å². The number of aromatic nitrogens is 1. The number of thiazole rings is 1. The number of ether oxygens (including phenoxy) is 1. The Hall–Kier alpha value is -1.76. The van der Waals surface area contributed by atoms with Crippen LogP contribution in [0.1, 0.15) is 38.5 Å². The number of aryl methyl sites for hydroxylation is 1. The summed E-state index contributed by atoms with van der Waals surface area (Å²) in [4.78, 5) is 18.1. The predicted molar refractivity (Wildman–Crippen MR) is 85.0 cm³/mol. The van der Waals surface area contributed by atoms with E-state index in [4.69, 9.17) is 10.5 Å². The van der Waals surface area contributed by atoms with Crippen molar-refractivity contribution in [3.05, 3.63) is 45.5 Å². The lowest BCUT2D eigenvalue weighted by molar-refractivity contribution is 0.102. The molecule has 22 heavy (non-hydrogen) atoms. The molecular weight excluding hydrogens is 298 g/mol. The highest BCUT2D eigenvalue weighted by molar-refractivity contribution is 7.15. The van der Waals surface area contributed by atoms with Gasteiger partial charge in [0.1, 0.15) is 0 Å². The van der Waals surface area contributed by atoms with E-state index in [1.54, 1.807) is 0 Å². The average molecular weight is 315 g/mol. The maximum absolute atomic E-state index is 12.4. The van der Waals surface area contributed by atoms with Gasteiger partial charge >= 0.3 is 0 Å². The predicted octanol–water partition coefficient (Wildman–Crippen LogP) is 2.24. The van der Waals surface area contributed by atoms with Gasteiger partial charge in [-0.05, 0) is 42.5 Å². The molecule has 0 unspecified atom stereocenters. The molecule has 0 saturated heterocycles. The second kappa shape index (κ2) is 5.46. The normalized spacial score (nSPS) is 19.6. The fourth-order valence-corrected chi connectivity index (χ4v) is 4.03. The van der Waals surface area contributed by atoms with Crippen LogP contribution in [0.3, 0.4) is 0 Å². The van der Waals surface area contributed by atoms with Crippen LogP contribution in [0.2, 0.25) is 0 Å². The van der Waals surface area contributed by atoms with Crippen LogP contribution in [-0.2, 0) is 30.8 Å². The van der Waals surface area contributed by atoms with Crippen molar-refractivity contribution < 1.29 is 9.53 Å². The van der Waals surface area contributed by atoms with Crippen molar-refractivity contribution in [1.29, 1.82) is 0 Å². The Balaban J connectivity index is 1.52. The summed E-state index contributed by atoms with van der Waals surface area (Å²) in [6.07, 6.45) is 2.73. The van der Waals surface area contributed by atoms with E-state index in [1.165, 1.54) is 16.2 Å². The summed E-state index contributed by atoms with van der Waals surface area (Å²) in [5.74, 6) is -0.120. The molecule has 0 spiro atoms. The van der Waals surface area contributed by atoms with Crippen LogP contribution in [0.15, 0.2) is 18.2 Å². The third-order valence-electron chi connectivity index (χ3n) is 4.18. The van der Waals surface area contributed by atoms with E-state index in [0.29, 0.717) is 23.9 Å². The molecule has 2 aliphatic rings. The Kier molecular flexibility index (Phi) is 3.44. The number of carbonyl (C=O) groups excluding carboxylic acids is 1. The number of hydrogen-bond donors (Lipinski definition) is 2. The highest BCUT2D eigenvalue weighted by atomic mass is 32.1. The third-order valence-corrected chi connectivity index (χ3v) is 5.22. The monoisotopic (exact) mass is 315 g/mol. The van der Waals surface area contributed by atoms with Gasteiger partial charge in [-0.25, -0.2) is 4.98 Å². The standard InChI is InChI=1S/C16H17N3O2S/c17-12-3-4-13-14(6-12)22-16(18-13)19-15(20)9-1-2-10-7-21-8-11(10)5-9/h1-2,5,12H,3-4,6-8,17H2,(H,18,19,20)/t12-/m0/s1. The number of rotatable bonds is 2. The summed E-state index contributed by atoms with van der Waals surface area (Å²) in [6, 6.07) is 5.92. The zero-order valence-electron chi connectivity index (χ0n) is 12.1. The van der Waals surface area contributed by atoms with Crippen LogP contribution in [0, 0.1) is 0 Å². The van der Waals surface area contributed by atoms with Gasteiger partial charge in [-0.3, -0.25) is 10.1 Å². The molecule has 0 saturated carbocycles. The first kappa shape index (κ1) is 13.9. The SMILES string of the molecule is N[C@H]1CCc2nc(NC(=O)c3ccc4c(c3)COC4)sc2C1. The highest BCUT2D eigenvalue weighted by Crippen LogP contribution is 2.29. The van der Waals surface area contributed by atoms with Gasteiger partial charge < -0.3 is 10.5 Å². The lowest BCUT2D eigenvalue weighted by atomic mass is 9.99. The highest BCUT2D eigenvalue weighted by Gasteiger charge is 2.21. The van der Waals surface area contributed by atoms with E-state index in [9.17, 15) is 4.79 Å². The minimum Gasteiger partial charge on any atom is -0.372 e. The largest absolute Gasteiger partial charge is 0.372 e. The molecule has 0 fully saturated rings. The number of nitrogens with two attached hydrogens (primary N) is 1. The minimum absolute atomic E-state index is 0.120. The second-order valence-electron chi connectivity index (χ2n) is 5.82. The molecule has 1 aromatic carbocycles. The molecule has 1 aliphatic heterocycles. The first-order valence-corrected chi connectivity index (χ1v) is 8.26. The molecule has 1 aliphatic carbocycles. The van der Waals surface area contributed by atoms with Crippen molar-refractivity contribution in [1.82, 2.24) is 4.98 Å². The van der Waals surface area contributed by atoms with Crippen LogP contribution in [0.4, 0.5) is 5.13 Å². The van der Waals surface area contributed by atoms with Gasteiger partial charge in [0, 0.05) is 16.5 Å². The number of hydrogen-bond acceptors (Lipinski definition) is 5. The maximum Gasteiger partial charge on any atom is 0.257 e. The number of nitrogens with one attached hydrogen (secondary N) is 1. The molecule has 114 valence electrons. The molecular formula is C16H17N3O2S. The first-order valence-electron chi connectivity index (χ1n) is 7.44. The molecule has 1 atom stereocenters. The van der Waals surface area contributed by atoms with Crippen molar-refractivity contribution in [2.24, 2.45) is 5.73 Å². The summed E-state index contributed by atoms with van der Waals surface area (Å²) >= 11 is 1.54. The van der Waals surface area contributed by atoms with Crippen LogP contribution < -0.4 is 11.1 Å². The lowest BCUT2D eigenvalue weighted by Gasteiger charge is -2.15. The van der Waals surface area contributed by atoms with Crippen molar-refractivity contribution >= 4 is 22.4 Å². The van der Waals surface area contributed by atoms with Crippen LogP contribution >= 0.6 is 11.3 Å². The zero-order chi connectivity index (χ0) is 15.1. The minimum atomic E-state index is -0.120.